The van der Waals surface area contributed by atoms with E-state index in [1.807, 2.05) is 0 Å². The molecule has 0 aliphatic carbocycles. The smallest absolute Gasteiger partial charge is 0.261 e. The zero-order valence-corrected chi connectivity index (χ0v) is 11.5. The molecule has 1 aliphatic heterocycles. The quantitative estimate of drug-likeness (QED) is 0.845. The summed E-state index contributed by atoms with van der Waals surface area (Å²) in [4.78, 5) is -0.0685. The lowest BCUT2D eigenvalue weighted by Gasteiger charge is -2.11. The standard InChI is InChI=1S/C13H11FN2O4S/c14-8-1-3-9(4-2-8)21(17,18)16-11-6-13-12(5-10(11)15)19-7-20-13/h1-6,16H,7,15H2. The highest BCUT2D eigenvalue weighted by atomic mass is 32.2. The number of benzene rings is 2. The first-order chi connectivity index (χ1) is 9.95. The number of nitrogens with two attached hydrogens (primary N) is 1. The van der Waals surface area contributed by atoms with Gasteiger partial charge in [-0.1, -0.05) is 0 Å². The Kier molecular flexibility index (Phi) is 3.09. The fourth-order valence-corrected chi connectivity index (χ4v) is 2.94. The molecule has 3 N–H and O–H groups in total. The molecule has 0 atom stereocenters. The Bertz CT molecular complexity index is 791. The summed E-state index contributed by atoms with van der Waals surface area (Å²) < 4.78 is 49.9. The molecule has 0 fully saturated rings. The lowest BCUT2D eigenvalue weighted by Crippen LogP contribution is -2.14. The maximum absolute atomic E-state index is 12.9. The predicted octanol–water partition coefficient (Wildman–Crippen LogP) is 1.94. The summed E-state index contributed by atoms with van der Waals surface area (Å²) >= 11 is 0. The van der Waals surface area contributed by atoms with Crippen molar-refractivity contribution < 1.29 is 22.3 Å². The number of nitrogens with one attached hydrogen (secondary N) is 1. The number of rotatable bonds is 3. The molecule has 1 heterocycles. The summed E-state index contributed by atoms with van der Waals surface area (Å²) in [7, 11) is -3.86. The van der Waals surface area contributed by atoms with Crippen LogP contribution in [-0.4, -0.2) is 15.2 Å². The molecular formula is C13H11FN2O4S. The van der Waals surface area contributed by atoms with E-state index >= 15 is 0 Å². The minimum Gasteiger partial charge on any atom is -0.454 e. The molecule has 3 rings (SSSR count). The van der Waals surface area contributed by atoms with Crippen molar-refractivity contribution in [3.05, 3.63) is 42.2 Å². The number of anilines is 2. The van der Waals surface area contributed by atoms with Crippen molar-refractivity contribution in [2.24, 2.45) is 0 Å². The number of halogens is 1. The normalized spacial score (nSPS) is 13.2. The maximum atomic E-state index is 12.9. The van der Waals surface area contributed by atoms with E-state index in [9.17, 15) is 12.8 Å². The van der Waals surface area contributed by atoms with Crippen molar-refractivity contribution in [1.82, 2.24) is 0 Å². The average Bonchev–Trinajstić information content (AvgIpc) is 2.86. The van der Waals surface area contributed by atoms with E-state index in [-0.39, 0.29) is 23.1 Å². The second kappa shape index (κ2) is 4.81. The average molecular weight is 310 g/mol. The lowest BCUT2D eigenvalue weighted by molar-refractivity contribution is 0.174. The van der Waals surface area contributed by atoms with Gasteiger partial charge in [0.25, 0.3) is 10.0 Å². The molecule has 110 valence electrons. The minimum absolute atomic E-state index is 0.0585. The van der Waals surface area contributed by atoms with Crippen LogP contribution in [0.3, 0.4) is 0 Å². The Balaban J connectivity index is 1.94. The van der Waals surface area contributed by atoms with Crippen molar-refractivity contribution in [3.8, 4) is 11.5 Å². The molecule has 1 aliphatic rings. The molecule has 8 heteroatoms. The van der Waals surface area contributed by atoms with Gasteiger partial charge in [0.1, 0.15) is 5.82 Å². The molecule has 0 unspecified atom stereocenters. The Morgan fingerprint density at radius 1 is 1.10 bits per heavy atom. The van der Waals surface area contributed by atoms with Gasteiger partial charge in [-0.25, -0.2) is 12.8 Å². The summed E-state index contributed by atoms with van der Waals surface area (Å²) in [6.07, 6.45) is 0. The van der Waals surface area contributed by atoms with Gasteiger partial charge in [0.15, 0.2) is 11.5 Å². The van der Waals surface area contributed by atoms with Gasteiger partial charge in [-0.05, 0) is 24.3 Å². The first-order valence-electron chi connectivity index (χ1n) is 5.93. The second-order valence-electron chi connectivity index (χ2n) is 4.35. The zero-order valence-electron chi connectivity index (χ0n) is 10.7. The fourth-order valence-electron chi connectivity index (χ4n) is 1.86. The number of hydrogen-bond acceptors (Lipinski definition) is 5. The number of sulfonamides is 1. The van der Waals surface area contributed by atoms with E-state index in [0.29, 0.717) is 11.5 Å². The van der Waals surface area contributed by atoms with Crippen LogP contribution in [0.4, 0.5) is 15.8 Å². The first kappa shape index (κ1) is 13.5. The topological polar surface area (TPSA) is 90.7 Å². The molecular weight excluding hydrogens is 299 g/mol. The van der Waals surface area contributed by atoms with Crippen molar-refractivity contribution in [2.45, 2.75) is 4.90 Å². The molecule has 0 amide bonds. The van der Waals surface area contributed by atoms with Crippen molar-refractivity contribution in [2.75, 3.05) is 17.2 Å². The van der Waals surface area contributed by atoms with Gasteiger partial charge in [-0.15, -0.1) is 0 Å². The van der Waals surface area contributed by atoms with Gasteiger partial charge in [-0.3, -0.25) is 4.72 Å². The largest absolute Gasteiger partial charge is 0.454 e. The number of ether oxygens (including phenoxy) is 2. The Morgan fingerprint density at radius 3 is 2.38 bits per heavy atom. The van der Waals surface area contributed by atoms with Crippen LogP contribution in [0.2, 0.25) is 0 Å². The minimum atomic E-state index is -3.86. The third-order valence-electron chi connectivity index (χ3n) is 2.91. The molecule has 2 aromatic rings. The summed E-state index contributed by atoms with van der Waals surface area (Å²) in [6, 6.07) is 7.39. The highest BCUT2D eigenvalue weighted by molar-refractivity contribution is 7.92. The summed E-state index contributed by atoms with van der Waals surface area (Å²) in [5.41, 5.74) is 6.15. The summed E-state index contributed by atoms with van der Waals surface area (Å²) in [5, 5.41) is 0. The number of fused-ring (bicyclic) bond motifs is 1. The van der Waals surface area contributed by atoms with E-state index < -0.39 is 15.8 Å². The van der Waals surface area contributed by atoms with Gasteiger partial charge in [-0.2, -0.15) is 0 Å². The lowest BCUT2D eigenvalue weighted by atomic mass is 10.2. The highest BCUT2D eigenvalue weighted by Gasteiger charge is 2.20. The third kappa shape index (κ3) is 2.57. The third-order valence-corrected chi connectivity index (χ3v) is 4.29. The van der Waals surface area contributed by atoms with Crippen LogP contribution >= 0.6 is 0 Å². The van der Waals surface area contributed by atoms with Crippen LogP contribution in [0.25, 0.3) is 0 Å². The Labute approximate surface area is 120 Å². The van der Waals surface area contributed by atoms with E-state index in [4.69, 9.17) is 15.2 Å². The Morgan fingerprint density at radius 2 is 1.71 bits per heavy atom. The second-order valence-corrected chi connectivity index (χ2v) is 6.03. The van der Waals surface area contributed by atoms with Crippen LogP contribution in [0.1, 0.15) is 0 Å². The van der Waals surface area contributed by atoms with Crippen LogP contribution in [0.5, 0.6) is 11.5 Å². The van der Waals surface area contributed by atoms with Gasteiger partial charge in [0.05, 0.1) is 16.3 Å². The summed E-state index contributed by atoms with van der Waals surface area (Å²) in [6.45, 7) is 0.0585. The highest BCUT2D eigenvalue weighted by Crippen LogP contribution is 2.38. The van der Waals surface area contributed by atoms with Crippen LogP contribution in [0.15, 0.2) is 41.3 Å². The van der Waals surface area contributed by atoms with Gasteiger partial charge in [0, 0.05) is 12.1 Å². The van der Waals surface area contributed by atoms with Gasteiger partial charge < -0.3 is 15.2 Å². The molecule has 0 bridgehead atoms. The predicted molar refractivity (Wildman–Crippen MR) is 74.2 cm³/mol. The first-order valence-corrected chi connectivity index (χ1v) is 7.41. The molecule has 0 saturated heterocycles. The molecule has 2 aromatic carbocycles. The monoisotopic (exact) mass is 310 g/mol. The summed E-state index contributed by atoms with van der Waals surface area (Å²) in [5.74, 6) is 0.342. The van der Waals surface area contributed by atoms with Crippen LogP contribution in [0, 0.1) is 5.82 Å². The van der Waals surface area contributed by atoms with Crippen molar-refractivity contribution in [3.63, 3.8) is 0 Å². The van der Waals surface area contributed by atoms with Crippen LogP contribution in [-0.2, 0) is 10.0 Å². The molecule has 0 spiro atoms. The zero-order chi connectivity index (χ0) is 15.0. The number of hydrogen-bond donors (Lipinski definition) is 2. The van der Waals surface area contributed by atoms with Gasteiger partial charge in [0.2, 0.25) is 6.79 Å². The number of nitrogen functional groups attached to an aromatic ring is 1. The molecule has 6 nitrogen and oxygen atoms in total. The van der Waals surface area contributed by atoms with E-state index in [0.717, 1.165) is 12.1 Å². The molecule has 0 aromatic heterocycles. The molecule has 21 heavy (non-hydrogen) atoms. The molecule has 0 saturated carbocycles. The van der Waals surface area contributed by atoms with Crippen molar-refractivity contribution in [1.29, 1.82) is 0 Å². The van der Waals surface area contributed by atoms with E-state index in [1.54, 1.807) is 0 Å². The molecule has 0 radical (unpaired) electrons. The van der Waals surface area contributed by atoms with Crippen molar-refractivity contribution >= 4 is 21.4 Å². The Hall–Kier alpha value is -2.48. The maximum Gasteiger partial charge on any atom is 0.261 e. The SMILES string of the molecule is Nc1cc2c(cc1NS(=O)(=O)c1ccc(F)cc1)OCO2. The fraction of sp³-hybridized carbons (Fsp3) is 0.0769. The van der Waals surface area contributed by atoms with E-state index in [1.165, 1.54) is 24.3 Å². The van der Waals surface area contributed by atoms with Gasteiger partial charge >= 0.3 is 0 Å². The van der Waals surface area contributed by atoms with E-state index in [2.05, 4.69) is 4.72 Å². The van der Waals surface area contributed by atoms with Crippen LogP contribution < -0.4 is 19.9 Å².